The quantitative estimate of drug-likeness (QED) is 0.654. The highest BCUT2D eigenvalue weighted by Gasteiger charge is 2.60. The number of hydrogen-bond donors (Lipinski definition) is 0. The molecule has 0 aromatic carbocycles. The molecule has 0 aromatic heterocycles. The van der Waals surface area contributed by atoms with Gasteiger partial charge in [-0.05, 0) is 43.9 Å². The van der Waals surface area contributed by atoms with Crippen molar-refractivity contribution in [2.45, 2.75) is 45.4 Å². The molecule has 2 heterocycles. The molecule has 2 nitrogen and oxygen atoms in total. The van der Waals surface area contributed by atoms with Crippen molar-refractivity contribution < 1.29 is 4.79 Å². The van der Waals surface area contributed by atoms with E-state index in [1.54, 1.807) is 5.70 Å². The van der Waals surface area contributed by atoms with Crippen molar-refractivity contribution in [1.29, 1.82) is 0 Å². The Balaban J connectivity index is 1.90. The molecular formula is C16H23NO. The van der Waals surface area contributed by atoms with E-state index in [1.807, 2.05) is 0 Å². The van der Waals surface area contributed by atoms with E-state index in [2.05, 4.69) is 17.9 Å². The molecule has 1 spiro atoms. The highest BCUT2D eigenvalue weighted by Crippen LogP contribution is 2.62. The van der Waals surface area contributed by atoms with Crippen LogP contribution < -0.4 is 0 Å². The Bertz CT molecular complexity index is 427. The number of rotatable bonds is 0. The molecule has 2 bridgehead atoms. The minimum absolute atomic E-state index is 0.276. The number of hydrogen-bond acceptors (Lipinski definition) is 2. The lowest BCUT2D eigenvalue weighted by Crippen LogP contribution is -2.47. The van der Waals surface area contributed by atoms with Gasteiger partial charge >= 0.3 is 0 Å². The lowest BCUT2D eigenvalue weighted by molar-refractivity contribution is -0.122. The molecule has 2 heteroatoms. The standard InChI is InChI=1S/C16H23NO/c1-11-8-12-10-14(18)13-4-2-6-17-7-3-5-16(12,13)15(17)9-11/h9,11-13H,2-8,10H2,1H3/t11?,12?,13-,16?/m1/s1. The molecule has 98 valence electrons. The first-order valence-corrected chi connectivity index (χ1v) is 7.72. The molecular weight excluding hydrogens is 222 g/mol. The fraction of sp³-hybridized carbons (Fsp3) is 0.812. The van der Waals surface area contributed by atoms with Crippen molar-refractivity contribution in [3.05, 3.63) is 11.8 Å². The van der Waals surface area contributed by atoms with Crippen LogP contribution in [0.25, 0.3) is 0 Å². The van der Waals surface area contributed by atoms with Gasteiger partial charge in [-0.3, -0.25) is 4.79 Å². The zero-order valence-electron chi connectivity index (χ0n) is 11.3. The van der Waals surface area contributed by atoms with Gasteiger partial charge in [-0.2, -0.15) is 0 Å². The number of carbonyl (C=O) groups excluding carboxylic acids is 1. The van der Waals surface area contributed by atoms with E-state index < -0.39 is 0 Å². The molecule has 4 rings (SSSR count). The largest absolute Gasteiger partial charge is 0.375 e. The summed E-state index contributed by atoms with van der Waals surface area (Å²) in [6.07, 6.45) is 9.59. The van der Waals surface area contributed by atoms with Crippen molar-refractivity contribution >= 4 is 5.78 Å². The molecule has 2 aliphatic carbocycles. The monoisotopic (exact) mass is 245 g/mol. The van der Waals surface area contributed by atoms with E-state index in [0.717, 1.165) is 12.8 Å². The molecule has 0 aromatic rings. The summed E-state index contributed by atoms with van der Waals surface area (Å²) < 4.78 is 0. The predicted molar refractivity (Wildman–Crippen MR) is 70.9 cm³/mol. The Labute approximate surface area is 109 Å². The van der Waals surface area contributed by atoms with Crippen LogP contribution in [0.5, 0.6) is 0 Å². The lowest BCUT2D eigenvalue weighted by Gasteiger charge is -2.51. The maximum absolute atomic E-state index is 12.5. The summed E-state index contributed by atoms with van der Waals surface area (Å²) >= 11 is 0. The molecule has 3 unspecified atom stereocenters. The van der Waals surface area contributed by atoms with Crippen molar-refractivity contribution in [1.82, 2.24) is 4.90 Å². The van der Waals surface area contributed by atoms with Gasteiger partial charge in [0.2, 0.25) is 0 Å². The molecule has 4 atom stereocenters. The van der Waals surface area contributed by atoms with E-state index >= 15 is 0 Å². The molecule has 4 aliphatic rings. The SMILES string of the molecule is CC1C=C2N3CCC[C@@H]4C(=O)CC(C1)C24CCC3. The highest BCUT2D eigenvalue weighted by atomic mass is 16.1. The maximum atomic E-state index is 12.5. The van der Waals surface area contributed by atoms with Gasteiger partial charge in [0.1, 0.15) is 5.78 Å². The van der Waals surface area contributed by atoms with Crippen molar-refractivity contribution in [2.75, 3.05) is 13.1 Å². The number of ketones is 1. The summed E-state index contributed by atoms with van der Waals surface area (Å²) in [6.45, 7) is 4.75. The number of nitrogens with zero attached hydrogens (tertiary/aromatic N) is 1. The van der Waals surface area contributed by atoms with Gasteiger partial charge in [0.05, 0.1) is 0 Å². The second kappa shape index (κ2) is 3.61. The first-order valence-electron chi connectivity index (χ1n) is 7.72. The Morgan fingerprint density at radius 1 is 1.33 bits per heavy atom. The van der Waals surface area contributed by atoms with Crippen LogP contribution in [0.1, 0.15) is 45.4 Å². The van der Waals surface area contributed by atoms with Crippen LogP contribution in [0.3, 0.4) is 0 Å². The maximum Gasteiger partial charge on any atom is 0.137 e. The molecule has 0 amide bonds. The summed E-state index contributed by atoms with van der Waals surface area (Å²) in [6, 6.07) is 0. The summed E-state index contributed by atoms with van der Waals surface area (Å²) in [7, 11) is 0. The van der Waals surface area contributed by atoms with Gasteiger partial charge in [0.25, 0.3) is 0 Å². The van der Waals surface area contributed by atoms with Gasteiger partial charge in [0, 0.05) is 36.5 Å². The average molecular weight is 245 g/mol. The molecule has 0 radical (unpaired) electrons. The normalized spacial score (nSPS) is 46.5. The van der Waals surface area contributed by atoms with E-state index in [-0.39, 0.29) is 5.41 Å². The third-order valence-electron chi connectivity index (χ3n) is 6.04. The number of allylic oxidation sites excluding steroid dienone is 2. The summed E-state index contributed by atoms with van der Waals surface area (Å²) in [4.78, 5) is 15.1. The van der Waals surface area contributed by atoms with Crippen molar-refractivity contribution in [3.63, 3.8) is 0 Å². The Kier molecular flexibility index (Phi) is 2.22. The smallest absolute Gasteiger partial charge is 0.137 e. The second-order valence-corrected chi connectivity index (χ2v) is 6.96. The first-order chi connectivity index (χ1) is 8.72. The fourth-order valence-electron chi connectivity index (χ4n) is 5.49. The molecule has 0 N–H and O–H groups in total. The number of carbonyl (C=O) groups is 1. The third kappa shape index (κ3) is 1.22. The van der Waals surface area contributed by atoms with Crippen molar-refractivity contribution in [2.24, 2.45) is 23.2 Å². The minimum atomic E-state index is 0.276. The van der Waals surface area contributed by atoms with Gasteiger partial charge in [0.15, 0.2) is 0 Å². The summed E-state index contributed by atoms with van der Waals surface area (Å²) in [5, 5.41) is 0. The second-order valence-electron chi connectivity index (χ2n) is 6.96. The molecule has 1 saturated carbocycles. The zero-order valence-corrected chi connectivity index (χ0v) is 11.3. The Morgan fingerprint density at radius 2 is 2.17 bits per heavy atom. The van der Waals surface area contributed by atoms with E-state index in [1.165, 1.54) is 38.8 Å². The van der Waals surface area contributed by atoms with Gasteiger partial charge in [-0.15, -0.1) is 0 Å². The van der Waals surface area contributed by atoms with Gasteiger partial charge < -0.3 is 4.90 Å². The fourth-order valence-corrected chi connectivity index (χ4v) is 5.49. The Morgan fingerprint density at radius 3 is 3.06 bits per heavy atom. The average Bonchev–Trinajstić information content (AvgIpc) is 2.55. The zero-order chi connectivity index (χ0) is 12.3. The van der Waals surface area contributed by atoms with Crippen LogP contribution >= 0.6 is 0 Å². The van der Waals surface area contributed by atoms with E-state index in [9.17, 15) is 4.79 Å². The van der Waals surface area contributed by atoms with Crippen LogP contribution in [0, 0.1) is 23.2 Å². The summed E-state index contributed by atoms with van der Waals surface area (Å²) in [5.74, 6) is 2.28. The third-order valence-corrected chi connectivity index (χ3v) is 6.04. The van der Waals surface area contributed by atoms with E-state index in [4.69, 9.17) is 0 Å². The van der Waals surface area contributed by atoms with Crippen molar-refractivity contribution in [3.8, 4) is 0 Å². The topological polar surface area (TPSA) is 20.3 Å². The number of piperidine rings is 1. The van der Waals surface area contributed by atoms with Crippen LogP contribution in [0.2, 0.25) is 0 Å². The van der Waals surface area contributed by atoms with Crippen LogP contribution in [-0.4, -0.2) is 23.8 Å². The van der Waals surface area contributed by atoms with Crippen LogP contribution in [-0.2, 0) is 4.79 Å². The predicted octanol–water partition coefficient (Wildman–Crippen LogP) is 2.99. The summed E-state index contributed by atoms with van der Waals surface area (Å²) in [5.41, 5.74) is 1.86. The molecule has 3 fully saturated rings. The molecule has 2 aliphatic heterocycles. The van der Waals surface area contributed by atoms with E-state index in [0.29, 0.717) is 23.5 Å². The minimum Gasteiger partial charge on any atom is -0.375 e. The van der Waals surface area contributed by atoms with Crippen LogP contribution in [0.4, 0.5) is 0 Å². The molecule has 18 heavy (non-hydrogen) atoms. The lowest BCUT2D eigenvalue weighted by atomic mass is 9.59. The highest BCUT2D eigenvalue weighted by molar-refractivity contribution is 5.86. The molecule has 2 saturated heterocycles. The van der Waals surface area contributed by atoms with Gasteiger partial charge in [-0.25, -0.2) is 0 Å². The number of Topliss-reactive ketones (excluding diaryl/α,β-unsaturated/α-hetero) is 1. The first kappa shape index (κ1) is 11.1. The van der Waals surface area contributed by atoms with Crippen LogP contribution in [0.15, 0.2) is 11.8 Å². The van der Waals surface area contributed by atoms with Gasteiger partial charge in [-0.1, -0.05) is 13.0 Å². The Hall–Kier alpha value is -0.790.